The van der Waals surface area contributed by atoms with Gasteiger partial charge in [-0.05, 0) is 18.3 Å². The highest BCUT2D eigenvalue weighted by molar-refractivity contribution is 5.82. The lowest BCUT2D eigenvalue weighted by atomic mass is 10.1. The Kier molecular flexibility index (Phi) is 4.19. The van der Waals surface area contributed by atoms with E-state index in [0.29, 0.717) is 13.2 Å². The zero-order valence-corrected chi connectivity index (χ0v) is 11.8. The molecule has 6 heteroatoms. The SMILES string of the molecule is COCCCn1cnnc1CNC(=O)C1CC1(C)C. The summed E-state index contributed by atoms with van der Waals surface area (Å²) in [5.74, 6) is 1.07. The summed E-state index contributed by atoms with van der Waals surface area (Å²) < 4.78 is 6.97. The van der Waals surface area contributed by atoms with Gasteiger partial charge in [-0.25, -0.2) is 0 Å². The molecule has 1 heterocycles. The number of nitrogens with one attached hydrogen (secondary N) is 1. The van der Waals surface area contributed by atoms with Gasteiger partial charge in [-0.15, -0.1) is 10.2 Å². The van der Waals surface area contributed by atoms with Crippen molar-refractivity contribution in [3.8, 4) is 0 Å². The first-order valence-electron chi connectivity index (χ1n) is 6.68. The minimum Gasteiger partial charge on any atom is -0.385 e. The molecular weight excluding hydrogens is 244 g/mol. The predicted molar refractivity (Wildman–Crippen MR) is 70.2 cm³/mol. The van der Waals surface area contributed by atoms with E-state index in [1.54, 1.807) is 13.4 Å². The molecule has 2 rings (SSSR count). The minimum absolute atomic E-state index is 0.122. The largest absolute Gasteiger partial charge is 0.385 e. The van der Waals surface area contributed by atoms with Gasteiger partial charge in [0, 0.05) is 26.2 Å². The van der Waals surface area contributed by atoms with E-state index in [0.717, 1.165) is 25.2 Å². The molecule has 0 aliphatic heterocycles. The number of aryl methyl sites for hydroxylation is 1. The van der Waals surface area contributed by atoms with Gasteiger partial charge in [0.25, 0.3) is 0 Å². The molecule has 1 aliphatic carbocycles. The zero-order chi connectivity index (χ0) is 13.9. The number of methoxy groups -OCH3 is 1. The van der Waals surface area contributed by atoms with Crippen LogP contribution in [0.15, 0.2) is 6.33 Å². The van der Waals surface area contributed by atoms with Gasteiger partial charge in [0.1, 0.15) is 6.33 Å². The van der Waals surface area contributed by atoms with Gasteiger partial charge in [0.2, 0.25) is 5.91 Å². The number of carbonyl (C=O) groups excluding carboxylic acids is 1. The average Bonchev–Trinajstić information content (AvgIpc) is 2.81. The number of carbonyl (C=O) groups is 1. The summed E-state index contributed by atoms with van der Waals surface area (Å²) in [6, 6.07) is 0. The van der Waals surface area contributed by atoms with Gasteiger partial charge >= 0.3 is 0 Å². The fourth-order valence-corrected chi connectivity index (χ4v) is 2.19. The van der Waals surface area contributed by atoms with Crippen molar-refractivity contribution in [2.24, 2.45) is 11.3 Å². The van der Waals surface area contributed by atoms with Crippen molar-refractivity contribution >= 4 is 5.91 Å². The number of ether oxygens (including phenoxy) is 1. The number of rotatable bonds is 7. The van der Waals surface area contributed by atoms with E-state index in [2.05, 4.69) is 29.4 Å². The lowest BCUT2D eigenvalue weighted by Gasteiger charge is -2.08. The van der Waals surface area contributed by atoms with E-state index >= 15 is 0 Å². The van der Waals surface area contributed by atoms with Crippen molar-refractivity contribution in [2.75, 3.05) is 13.7 Å². The highest BCUT2D eigenvalue weighted by Gasteiger charge is 2.50. The Morgan fingerprint density at radius 3 is 3.00 bits per heavy atom. The minimum atomic E-state index is 0.122. The van der Waals surface area contributed by atoms with E-state index in [-0.39, 0.29) is 17.2 Å². The Bertz CT molecular complexity index is 442. The normalized spacial score (nSPS) is 20.3. The van der Waals surface area contributed by atoms with Crippen LogP contribution in [0.5, 0.6) is 0 Å². The molecule has 0 radical (unpaired) electrons. The molecule has 1 N–H and O–H groups in total. The quantitative estimate of drug-likeness (QED) is 0.747. The maximum Gasteiger partial charge on any atom is 0.224 e. The van der Waals surface area contributed by atoms with Crippen LogP contribution < -0.4 is 5.32 Å². The summed E-state index contributed by atoms with van der Waals surface area (Å²) >= 11 is 0. The molecule has 0 bridgehead atoms. The van der Waals surface area contributed by atoms with Gasteiger partial charge in [-0.1, -0.05) is 13.8 Å². The smallest absolute Gasteiger partial charge is 0.224 e. The fourth-order valence-electron chi connectivity index (χ4n) is 2.19. The molecule has 106 valence electrons. The molecule has 1 aliphatic rings. The fraction of sp³-hybridized carbons (Fsp3) is 0.769. The summed E-state index contributed by atoms with van der Waals surface area (Å²) in [5.41, 5.74) is 0.163. The van der Waals surface area contributed by atoms with Crippen LogP contribution in [0, 0.1) is 11.3 Å². The van der Waals surface area contributed by atoms with Gasteiger partial charge in [0.05, 0.1) is 6.54 Å². The third-order valence-corrected chi connectivity index (χ3v) is 3.69. The van der Waals surface area contributed by atoms with Gasteiger partial charge in [-0.3, -0.25) is 4.79 Å². The topological polar surface area (TPSA) is 69.0 Å². The second kappa shape index (κ2) is 5.69. The van der Waals surface area contributed by atoms with Crippen LogP contribution >= 0.6 is 0 Å². The first-order valence-corrected chi connectivity index (χ1v) is 6.68. The first-order chi connectivity index (χ1) is 9.04. The molecule has 0 aromatic carbocycles. The summed E-state index contributed by atoms with van der Waals surface area (Å²) in [4.78, 5) is 11.9. The van der Waals surface area contributed by atoms with Crippen LogP contribution in [0.2, 0.25) is 0 Å². The molecule has 1 amide bonds. The molecule has 1 atom stereocenters. The Hall–Kier alpha value is -1.43. The summed E-state index contributed by atoms with van der Waals surface area (Å²) in [5, 5.41) is 10.9. The lowest BCUT2D eigenvalue weighted by molar-refractivity contribution is -0.123. The molecule has 0 saturated heterocycles. The molecular formula is C13H22N4O2. The second-order valence-corrected chi connectivity index (χ2v) is 5.75. The summed E-state index contributed by atoms with van der Waals surface area (Å²) in [7, 11) is 1.69. The average molecular weight is 266 g/mol. The Balaban J connectivity index is 1.80. The number of aromatic nitrogens is 3. The van der Waals surface area contributed by atoms with Crippen molar-refractivity contribution in [1.29, 1.82) is 0 Å². The molecule has 1 unspecified atom stereocenters. The van der Waals surface area contributed by atoms with Crippen LogP contribution in [-0.2, 0) is 22.6 Å². The standard InChI is InChI=1S/C13H22N4O2/c1-13(2)7-10(13)12(18)14-8-11-16-15-9-17(11)5-4-6-19-3/h9-10H,4-8H2,1-3H3,(H,14,18). The highest BCUT2D eigenvalue weighted by atomic mass is 16.5. The Morgan fingerprint density at radius 2 is 2.37 bits per heavy atom. The Labute approximate surface area is 113 Å². The summed E-state index contributed by atoms with van der Waals surface area (Å²) in [6.07, 6.45) is 3.57. The van der Waals surface area contributed by atoms with Crippen molar-refractivity contribution in [2.45, 2.75) is 39.8 Å². The van der Waals surface area contributed by atoms with Crippen LogP contribution in [-0.4, -0.2) is 34.4 Å². The van der Waals surface area contributed by atoms with Crippen molar-refractivity contribution in [3.05, 3.63) is 12.2 Å². The molecule has 1 saturated carbocycles. The van der Waals surface area contributed by atoms with Crippen LogP contribution in [0.4, 0.5) is 0 Å². The van der Waals surface area contributed by atoms with E-state index in [1.807, 2.05) is 4.57 Å². The number of amides is 1. The Morgan fingerprint density at radius 1 is 1.63 bits per heavy atom. The molecule has 6 nitrogen and oxygen atoms in total. The van der Waals surface area contributed by atoms with Crippen LogP contribution in [0.25, 0.3) is 0 Å². The maximum atomic E-state index is 11.9. The monoisotopic (exact) mass is 266 g/mol. The van der Waals surface area contributed by atoms with Crippen LogP contribution in [0.1, 0.15) is 32.5 Å². The lowest BCUT2D eigenvalue weighted by Crippen LogP contribution is -2.27. The van der Waals surface area contributed by atoms with E-state index in [9.17, 15) is 4.79 Å². The van der Waals surface area contributed by atoms with Gasteiger partial charge in [0.15, 0.2) is 5.82 Å². The highest BCUT2D eigenvalue weighted by Crippen LogP contribution is 2.51. The van der Waals surface area contributed by atoms with E-state index in [4.69, 9.17) is 4.74 Å². The molecule has 1 fully saturated rings. The van der Waals surface area contributed by atoms with Crippen molar-refractivity contribution < 1.29 is 9.53 Å². The molecule has 0 spiro atoms. The van der Waals surface area contributed by atoms with Gasteiger partial charge < -0.3 is 14.6 Å². The zero-order valence-electron chi connectivity index (χ0n) is 11.8. The molecule has 1 aromatic heterocycles. The predicted octanol–water partition coefficient (Wildman–Crippen LogP) is 0.977. The molecule has 19 heavy (non-hydrogen) atoms. The van der Waals surface area contributed by atoms with E-state index in [1.165, 1.54) is 0 Å². The van der Waals surface area contributed by atoms with E-state index < -0.39 is 0 Å². The first kappa shape index (κ1) is 14.0. The third-order valence-electron chi connectivity index (χ3n) is 3.69. The number of hydrogen-bond acceptors (Lipinski definition) is 4. The number of hydrogen-bond donors (Lipinski definition) is 1. The van der Waals surface area contributed by atoms with Gasteiger partial charge in [-0.2, -0.15) is 0 Å². The van der Waals surface area contributed by atoms with Crippen molar-refractivity contribution in [1.82, 2.24) is 20.1 Å². The second-order valence-electron chi connectivity index (χ2n) is 5.75. The third kappa shape index (κ3) is 3.53. The summed E-state index contributed by atoms with van der Waals surface area (Å²) in [6.45, 7) is 6.19. The number of nitrogens with zero attached hydrogens (tertiary/aromatic N) is 3. The maximum absolute atomic E-state index is 11.9. The van der Waals surface area contributed by atoms with Crippen molar-refractivity contribution in [3.63, 3.8) is 0 Å². The van der Waals surface area contributed by atoms with Crippen LogP contribution in [0.3, 0.4) is 0 Å². The molecule has 1 aromatic rings.